The molecule has 148 valence electrons. The Morgan fingerprint density at radius 3 is 2.11 bits per heavy atom. The number of ether oxygens (including phenoxy) is 2. The topological polar surface area (TPSA) is 110 Å². The van der Waals surface area contributed by atoms with E-state index in [9.17, 15) is 24.0 Å². The molecule has 3 rings (SSSR count). The molecule has 3 amide bonds. The molecule has 9 nitrogen and oxygen atoms in total. The van der Waals surface area contributed by atoms with Crippen molar-refractivity contribution in [2.45, 2.75) is 25.4 Å². The van der Waals surface area contributed by atoms with Gasteiger partial charge in [-0.25, -0.2) is 4.79 Å². The summed E-state index contributed by atoms with van der Waals surface area (Å²) < 4.78 is 9.39. The van der Waals surface area contributed by atoms with Gasteiger partial charge in [-0.1, -0.05) is 19.1 Å². The van der Waals surface area contributed by atoms with E-state index in [1.54, 1.807) is 19.1 Å². The van der Waals surface area contributed by atoms with Crippen LogP contribution in [-0.2, 0) is 23.9 Å². The van der Waals surface area contributed by atoms with Gasteiger partial charge < -0.3 is 14.4 Å². The third-order valence-electron chi connectivity index (χ3n) is 4.97. The maximum absolute atomic E-state index is 12.8. The molecule has 1 saturated heterocycles. The molecule has 0 saturated carbocycles. The van der Waals surface area contributed by atoms with Crippen molar-refractivity contribution >= 4 is 29.7 Å². The lowest BCUT2D eigenvalue weighted by atomic mass is 9.91. The zero-order valence-corrected chi connectivity index (χ0v) is 15.7. The quantitative estimate of drug-likeness (QED) is 0.390. The number of hydrogen-bond donors (Lipinski definition) is 0. The predicted molar refractivity (Wildman–Crippen MR) is 94.0 cm³/mol. The van der Waals surface area contributed by atoms with Crippen LogP contribution in [0.4, 0.5) is 0 Å². The maximum atomic E-state index is 12.8. The van der Waals surface area contributed by atoms with Crippen molar-refractivity contribution in [1.82, 2.24) is 9.80 Å². The number of hydrogen-bond acceptors (Lipinski definition) is 7. The number of methoxy groups -OCH3 is 2. The second-order valence-electron chi connectivity index (χ2n) is 6.81. The van der Waals surface area contributed by atoms with Crippen molar-refractivity contribution in [1.29, 1.82) is 0 Å². The smallest absolute Gasteiger partial charge is 0.331 e. The lowest BCUT2D eigenvalue weighted by Gasteiger charge is -2.48. The minimum absolute atomic E-state index is 0.0614. The van der Waals surface area contributed by atoms with Crippen LogP contribution in [0.3, 0.4) is 0 Å². The first-order valence-electron chi connectivity index (χ1n) is 8.73. The van der Waals surface area contributed by atoms with E-state index in [4.69, 9.17) is 4.74 Å². The minimum Gasteiger partial charge on any atom is -0.469 e. The highest BCUT2D eigenvalue weighted by Gasteiger charge is 2.59. The Bertz CT molecular complexity index is 831. The summed E-state index contributed by atoms with van der Waals surface area (Å²) in [5.41, 5.74) is 0.392. The van der Waals surface area contributed by atoms with Gasteiger partial charge in [0.2, 0.25) is 5.91 Å². The molecule has 2 unspecified atom stereocenters. The van der Waals surface area contributed by atoms with Crippen LogP contribution in [0.15, 0.2) is 24.3 Å². The minimum atomic E-state index is -1.26. The number of carbonyl (C=O) groups excluding carboxylic acids is 5. The first-order chi connectivity index (χ1) is 13.3. The summed E-state index contributed by atoms with van der Waals surface area (Å²) >= 11 is 0. The van der Waals surface area contributed by atoms with Crippen molar-refractivity contribution in [2.75, 3.05) is 20.8 Å². The van der Waals surface area contributed by atoms with E-state index in [2.05, 4.69) is 4.74 Å². The fraction of sp³-hybridized carbons (Fsp3) is 0.421. The second kappa shape index (κ2) is 7.41. The van der Waals surface area contributed by atoms with E-state index in [1.807, 2.05) is 0 Å². The van der Waals surface area contributed by atoms with Gasteiger partial charge in [0, 0.05) is 13.0 Å². The number of esters is 2. The summed E-state index contributed by atoms with van der Waals surface area (Å²) in [4.78, 5) is 63.9. The molecule has 1 fully saturated rings. The van der Waals surface area contributed by atoms with Gasteiger partial charge in [0.1, 0.15) is 0 Å². The Balaban J connectivity index is 1.83. The molecule has 3 atom stereocenters. The Kier molecular flexibility index (Phi) is 5.17. The van der Waals surface area contributed by atoms with Crippen LogP contribution in [0, 0.1) is 5.92 Å². The third-order valence-corrected chi connectivity index (χ3v) is 4.97. The second-order valence-corrected chi connectivity index (χ2v) is 6.81. The van der Waals surface area contributed by atoms with Gasteiger partial charge in [-0.3, -0.25) is 24.1 Å². The lowest BCUT2D eigenvalue weighted by Crippen LogP contribution is -2.74. The number of β-lactam (4-membered cyclic amide) rings is 1. The van der Waals surface area contributed by atoms with Crippen LogP contribution in [0.1, 0.15) is 34.1 Å². The van der Waals surface area contributed by atoms with Crippen molar-refractivity contribution in [3.63, 3.8) is 0 Å². The van der Waals surface area contributed by atoms with Gasteiger partial charge in [-0.05, 0) is 18.1 Å². The number of carbonyl (C=O) groups is 5. The van der Waals surface area contributed by atoms with E-state index in [0.29, 0.717) is 0 Å². The molecule has 0 radical (unpaired) electrons. The fourth-order valence-corrected chi connectivity index (χ4v) is 3.59. The molecule has 28 heavy (non-hydrogen) atoms. The molecular weight excluding hydrogens is 368 g/mol. The molecule has 0 spiro atoms. The van der Waals surface area contributed by atoms with Crippen LogP contribution in [-0.4, -0.2) is 72.3 Å². The van der Waals surface area contributed by atoms with E-state index in [0.717, 1.165) is 4.90 Å². The van der Waals surface area contributed by atoms with Gasteiger partial charge in [-0.2, -0.15) is 0 Å². The molecule has 0 N–H and O–H groups in total. The molecular formula is C19H20N2O7. The molecule has 0 bridgehead atoms. The third kappa shape index (κ3) is 3.02. The fourth-order valence-electron chi connectivity index (χ4n) is 3.59. The molecule has 0 aliphatic carbocycles. The van der Waals surface area contributed by atoms with Crippen LogP contribution in [0.25, 0.3) is 0 Å². The Hall–Kier alpha value is -3.23. The summed E-state index contributed by atoms with van der Waals surface area (Å²) in [5, 5.41) is 0. The summed E-state index contributed by atoms with van der Waals surface area (Å²) in [7, 11) is 2.43. The number of imide groups is 1. The van der Waals surface area contributed by atoms with E-state index >= 15 is 0 Å². The average Bonchev–Trinajstić information content (AvgIpc) is 2.94. The maximum Gasteiger partial charge on any atom is 0.331 e. The lowest BCUT2D eigenvalue weighted by molar-refractivity contribution is -0.172. The number of likely N-dealkylation sites (tertiary alicyclic amines) is 1. The standard InChI is InChI=1S/C19H20N2O7/c1-10(8-13(22)27-2)9-20-15(19(26)28-3)14(18(20)25)21-16(23)11-6-4-5-7-12(11)17(21)24/h4-7,10,14-15H,8-9H2,1-3H3/t10-,14?,15?/m1/s1. The number of amides is 3. The number of fused-ring (bicyclic) bond motifs is 1. The van der Waals surface area contributed by atoms with Crippen molar-refractivity contribution in [3.05, 3.63) is 35.4 Å². The van der Waals surface area contributed by atoms with Crippen LogP contribution in [0.5, 0.6) is 0 Å². The summed E-state index contributed by atoms with van der Waals surface area (Å²) in [6.07, 6.45) is 0.0614. The normalized spacial score (nSPS) is 21.9. The van der Waals surface area contributed by atoms with Gasteiger partial charge >= 0.3 is 11.9 Å². The first-order valence-corrected chi connectivity index (χ1v) is 8.73. The predicted octanol–water partition coefficient (Wildman–Crippen LogP) is 0.234. The van der Waals surface area contributed by atoms with Gasteiger partial charge in [0.25, 0.3) is 11.8 Å². The molecule has 2 aliphatic rings. The van der Waals surface area contributed by atoms with Gasteiger partial charge in [0.05, 0.1) is 25.3 Å². The highest BCUT2D eigenvalue weighted by Crippen LogP contribution is 2.34. The Morgan fingerprint density at radius 1 is 1.04 bits per heavy atom. The van der Waals surface area contributed by atoms with Crippen LogP contribution >= 0.6 is 0 Å². The number of rotatable bonds is 6. The SMILES string of the molecule is COC(=O)C[C@@H](C)CN1C(=O)C(N2C(=O)c3ccccc3C2=O)C1C(=O)OC. The molecule has 1 aromatic carbocycles. The average molecular weight is 388 g/mol. The summed E-state index contributed by atoms with van der Waals surface area (Å²) in [6, 6.07) is 3.87. The molecule has 2 heterocycles. The van der Waals surface area contributed by atoms with Crippen molar-refractivity contribution in [2.24, 2.45) is 5.92 Å². The highest BCUT2D eigenvalue weighted by atomic mass is 16.5. The van der Waals surface area contributed by atoms with Gasteiger partial charge in [0.15, 0.2) is 12.1 Å². The van der Waals surface area contributed by atoms with E-state index in [1.165, 1.54) is 31.3 Å². The number of nitrogens with zero attached hydrogens (tertiary/aromatic N) is 2. The summed E-state index contributed by atoms with van der Waals surface area (Å²) in [5.74, 6) is -3.23. The monoisotopic (exact) mass is 388 g/mol. The Morgan fingerprint density at radius 2 is 1.61 bits per heavy atom. The first kappa shape index (κ1) is 19.5. The van der Waals surface area contributed by atoms with Crippen molar-refractivity contribution in [3.8, 4) is 0 Å². The largest absolute Gasteiger partial charge is 0.469 e. The van der Waals surface area contributed by atoms with Crippen LogP contribution in [0.2, 0.25) is 0 Å². The molecule has 2 aliphatic heterocycles. The zero-order chi connectivity index (χ0) is 20.6. The molecule has 9 heteroatoms. The zero-order valence-electron chi connectivity index (χ0n) is 15.7. The Labute approximate surface area is 161 Å². The highest BCUT2D eigenvalue weighted by molar-refractivity contribution is 6.24. The van der Waals surface area contributed by atoms with Crippen LogP contribution < -0.4 is 0 Å². The van der Waals surface area contributed by atoms with Gasteiger partial charge in [-0.15, -0.1) is 0 Å². The number of benzene rings is 1. The van der Waals surface area contributed by atoms with Crippen molar-refractivity contribution < 1.29 is 33.4 Å². The molecule has 1 aromatic rings. The van der Waals surface area contributed by atoms with E-state index in [-0.39, 0.29) is 30.0 Å². The summed E-state index contributed by atoms with van der Waals surface area (Å²) in [6.45, 7) is 1.82. The molecule has 0 aromatic heterocycles. The van der Waals surface area contributed by atoms with E-state index < -0.39 is 41.7 Å².